The van der Waals surface area contributed by atoms with Crippen LogP contribution in [0.25, 0.3) is 10.9 Å². The molecule has 1 aromatic carbocycles. The second kappa shape index (κ2) is 8.32. The molecule has 0 aliphatic heterocycles. The van der Waals surface area contributed by atoms with Crippen molar-refractivity contribution < 1.29 is 5.11 Å². The van der Waals surface area contributed by atoms with Gasteiger partial charge in [-0.2, -0.15) is 0 Å². The summed E-state index contributed by atoms with van der Waals surface area (Å²) in [5.41, 5.74) is 2.13. The summed E-state index contributed by atoms with van der Waals surface area (Å²) in [4.78, 5) is 6.76. The first-order chi connectivity index (χ1) is 10.2. The molecule has 4 heteroatoms. The molecule has 2 rings (SSSR count). The van der Waals surface area contributed by atoms with E-state index in [-0.39, 0.29) is 6.61 Å². The van der Waals surface area contributed by atoms with Crippen molar-refractivity contribution in [3.8, 4) is 0 Å². The lowest BCUT2D eigenvalue weighted by Gasteiger charge is -2.22. The topological polar surface area (TPSA) is 36.4 Å². The summed E-state index contributed by atoms with van der Waals surface area (Å²) in [7, 11) is 0. The van der Waals surface area contributed by atoms with E-state index < -0.39 is 0 Å². The molecule has 0 spiro atoms. The van der Waals surface area contributed by atoms with Crippen LogP contribution in [-0.4, -0.2) is 34.7 Å². The van der Waals surface area contributed by atoms with Crippen LogP contribution < -0.4 is 0 Å². The van der Waals surface area contributed by atoms with E-state index in [0.717, 1.165) is 41.0 Å². The largest absolute Gasteiger partial charge is 0.395 e. The molecule has 0 atom stereocenters. The third kappa shape index (κ3) is 4.67. The highest BCUT2D eigenvalue weighted by Gasteiger charge is 2.10. The zero-order chi connectivity index (χ0) is 15.1. The molecule has 3 nitrogen and oxygen atoms in total. The first-order valence-corrected chi connectivity index (χ1v) is 7.98. The number of aromatic nitrogens is 1. The van der Waals surface area contributed by atoms with Crippen molar-refractivity contribution in [2.75, 3.05) is 19.7 Å². The van der Waals surface area contributed by atoms with Gasteiger partial charge in [-0.15, -0.1) is 0 Å². The molecular formula is C17H23ClN2O. The number of pyridine rings is 1. The van der Waals surface area contributed by atoms with E-state index in [0.29, 0.717) is 6.54 Å². The Balaban J connectivity index is 2.19. The van der Waals surface area contributed by atoms with E-state index in [1.807, 2.05) is 30.5 Å². The van der Waals surface area contributed by atoms with Crippen molar-refractivity contribution in [2.45, 2.75) is 32.7 Å². The molecule has 0 unspecified atom stereocenters. The van der Waals surface area contributed by atoms with Crippen LogP contribution in [0.1, 0.15) is 31.7 Å². The van der Waals surface area contributed by atoms with Crippen LogP contribution in [0, 0.1) is 0 Å². The number of hydrogen-bond acceptors (Lipinski definition) is 3. The lowest BCUT2D eigenvalue weighted by atomic mass is 10.1. The standard InChI is InChI=1S/C17H23ClN2O/c1-2-3-4-8-20(9-10-21)13-15-12-16(18)11-14-6-5-7-19-17(14)15/h5-7,11-12,21H,2-4,8-10,13H2,1H3. The number of unbranched alkanes of at least 4 members (excludes halogenated alkanes) is 2. The fraction of sp³-hybridized carbons (Fsp3) is 0.471. The SMILES string of the molecule is CCCCCN(CCO)Cc1cc(Cl)cc2cccnc12. The normalized spacial score (nSPS) is 11.4. The number of hydrogen-bond donors (Lipinski definition) is 1. The van der Waals surface area contributed by atoms with Gasteiger partial charge in [-0.3, -0.25) is 9.88 Å². The maximum atomic E-state index is 9.26. The first kappa shape index (κ1) is 16.2. The molecule has 0 aliphatic rings. The zero-order valence-electron chi connectivity index (χ0n) is 12.6. The Morgan fingerprint density at radius 1 is 1.24 bits per heavy atom. The number of aliphatic hydroxyl groups is 1. The molecular weight excluding hydrogens is 284 g/mol. The third-order valence-electron chi connectivity index (χ3n) is 3.64. The Kier molecular flexibility index (Phi) is 6.43. The molecule has 1 aromatic heterocycles. The third-order valence-corrected chi connectivity index (χ3v) is 3.85. The number of benzene rings is 1. The van der Waals surface area contributed by atoms with E-state index in [1.54, 1.807) is 0 Å². The number of rotatable bonds is 8. The number of fused-ring (bicyclic) bond motifs is 1. The van der Waals surface area contributed by atoms with Crippen molar-refractivity contribution in [3.63, 3.8) is 0 Å². The second-order valence-corrected chi connectivity index (χ2v) is 5.78. The summed E-state index contributed by atoms with van der Waals surface area (Å²) in [6.07, 6.45) is 5.39. The van der Waals surface area contributed by atoms with E-state index in [2.05, 4.69) is 16.8 Å². The van der Waals surface area contributed by atoms with E-state index in [4.69, 9.17) is 11.6 Å². The number of aliphatic hydroxyl groups excluding tert-OH is 1. The molecule has 0 bridgehead atoms. The van der Waals surface area contributed by atoms with Crippen LogP contribution in [0.5, 0.6) is 0 Å². The number of nitrogens with zero attached hydrogens (tertiary/aromatic N) is 2. The Labute approximate surface area is 131 Å². The van der Waals surface area contributed by atoms with Gasteiger partial charge in [0.2, 0.25) is 0 Å². The molecule has 0 fully saturated rings. The predicted molar refractivity (Wildman–Crippen MR) is 88.6 cm³/mol. The quantitative estimate of drug-likeness (QED) is 0.752. The van der Waals surface area contributed by atoms with E-state index in [1.165, 1.54) is 12.8 Å². The Morgan fingerprint density at radius 3 is 2.86 bits per heavy atom. The van der Waals surface area contributed by atoms with Crippen molar-refractivity contribution in [3.05, 3.63) is 41.0 Å². The maximum Gasteiger partial charge on any atom is 0.0747 e. The number of halogens is 1. The van der Waals surface area contributed by atoms with Crippen molar-refractivity contribution in [1.29, 1.82) is 0 Å². The Morgan fingerprint density at radius 2 is 2.10 bits per heavy atom. The van der Waals surface area contributed by atoms with Gasteiger partial charge in [0.1, 0.15) is 0 Å². The summed E-state index contributed by atoms with van der Waals surface area (Å²) in [5, 5.41) is 11.1. The summed E-state index contributed by atoms with van der Waals surface area (Å²) in [5.74, 6) is 0. The van der Waals surface area contributed by atoms with Gasteiger partial charge in [0.05, 0.1) is 12.1 Å². The Hall–Kier alpha value is -1.16. The van der Waals surface area contributed by atoms with Crippen LogP contribution in [0.3, 0.4) is 0 Å². The summed E-state index contributed by atoms with van der Waals surface area (Å²) in [6.45, 7) is 4.83. The molecule has 114 valence electrons. The average molecular weight is 307 g/mol. The van der Waals surface area contributed by atoms with Crippen LogP contribution in [0.2, 0.25) is 5.02 Å². The van der Waals surface area contributed by atoms with Gasteiger partial charge in [-0.05, 0) is 36.7 Å². The fourth-order valence-corrected chi connectivity index (χ4v) is 2.83. The van der Waals surface area contributed by atoms with Gasteiger partial charge in [0.15, 0.2) is 0 Å². The van der Waals surface area contributed by atoms with Gasteiger partial charge < -0.3 is 5.11 Å². The highest BCUT2D eigenvalue weighted by atomic mass is 35.5. The minimum atomic E-state index is 0.179. The van der Waals surface area contributed by atoms with Crippen LogP contribution >= 0.6 is 11.6 Å². The molecule has 1 heterocycles. The van der Waals surface area contributed by atoms with Crippen molar-refractivity contribution in [2.24, 2.45) is 0 Å². The second-order valence-electron chi connectivity index (χ2n) is 5.35. The molecule has 0 saturated carbocycles. The van der Waals surface area contributed by atoms with Crippen LogP contribution in [0.4, 0.5) is 0 Å². The van der Waals surface area contributed by atoms with Gasteiger partial charge in [-0.25, -0.2) is 0 Å². The molecule has 21 heavy (non-hydrogen) atoms. The van der Waals surface area contributed by atoms with Gasteiger partial charge in [0.25, 0.3) is 0 Å². The van der Waals surface area contributed by atoms with Gasteiger partial charge >= 0.3 is 0 Å². The highest BCUT2D eigenvalue weighted by Crippen LogP contribution is 2.23. The van der Waals surface area contributed by atoms with Crippen molar-refractivity contribution in [1.82, 2.24) is 9.88 Å². The van der Waals surface area contributed by atoms with Crippen molar-refractivity contribution >= 4 is 22.5 Å². The highest BCUT2D eigenvalue weighted by molar-refractivity contribution is 6.31. The van der Waals surface area contributed by atoms with E-state index >= 15 is 0 Å². The van der Waals surface area contributed by atoms with Crippen LogP contribution in [-0.2, 0) is 6.54 Å². The van der Waals surface area contributed by atoms with E-state index in [9.17, 15) is 5.11 Å². The minimum absolute atomic E-state index is 0.179. The predicted octanol–water partition coefficient (Wildman–Crippen LogP) is 3.87. The summed E-state index contributed by atoms with van der Waals surface area (Å²) >= 11 is 6.22. The smallest absolute Gasteiger partial charge is 0.0747 e. The lowest BCUT2D eigenvalue weighted by molar-refractivity contribution is 0.188. The molecule has 0 aliphatic carbocycles. The molecule has 0 amide bonds. The summed E-state index contributed by atoms with van der Waals surface area (Å²) < 4.78 is 0. The lowest BCUT2D eigenvalue weighted by Crippen LogP contribution is -2.27. The average Bonchev–Trinajstić information content (AvgIpc) is 2.47. The molecule has 0 saturated heterocycles. The zero-order valence-corrected chi connectivity index (χ0v) is 13.3. The van der Waals surface area contributed by atoms with Crippen LogP contribution in [0.15, 0.2) is 30.5 Å². The minimum Gasteiger partial charge on any atom is -0.395 e. The Bertz CT molecular complexity index is 574. The maximum absolute atomic E-state index is 9.26. The molecule has 2 aromatic rings. The first-order valence-electron chi connectivity index (χ1n) is 7.61. The molecule has 1 N–H and O–H groups in total. The van der Waals surface area contributed by atoms with Gasteiger partial charge in [-0.1, -0.05) is 37.4 Å². The molecule has 0 radical (unpaired) electrons. The fourth-order valence-electron chi connectivity index (χ4n) is 2.59. The van der Waals surface area contributed by atoms with Gasteiger partial charge in [0, 0.05) is 29.7 Å². The monoisotopic (exact) mass is 306 g/mol. The summed E-state index contributed by atoms with van der Waals surface area (Å²) in [6, 6.07) is 7.89.